The van der Waals surface area contributed by atoms with Gasteiger partial charge in [-0.3, -0.25) is 4.79 Å². The van der Waals surface area contributed by atoms with Crippen LogP contribution >= 0.6 is 0 Å². The summed E-state index contributed by atoms with van der Waals surface area (Å²) < 4.78 is 30.2. The Kier molecular flexibility index (Phi) is 6.93. The Labute approximate surface area is 165 Å². The number of hydrogen-bond acceptors (Lipinski definition) is 5. The van der Waals surface area contributed by atoms with E-state index in [-0.39, 0.29) is 10.5 Å². The molecule has 28 heavy (non-hydrogen) atoms. The zero-order valence-corrected chi connectivity index (χ0v) is 17.2. The molecule has 150 valence electrons. The second-order valence-electron chi connectivity index (χ2n) is 6.40. The van der Waals surface area contributed by atoms with E-state index in [1.54, 1.807) is 0 Å². The molecule has 0 saturated carbocycles. The largest absolute Gasteiger partial charge is 0.452 e. The first kappa shape index (κ1) is 21.6. The van der Waals surface area contributed by atoms with E-state index in [2.05, 4.69) is 5.32 Å². The molecule has 0 aliphatic carbocycles. The van der Waals surface area contributed by atoms with Gasteiger partial charge in [-0.05, 0) is 48.7 Å². The van der Waals surface area contributed by atoms with Crippen molar-refractivity contribution in [3.8, 4) is 0 Å². The Balaban J connectivity index is 2.00. The first-order valence-electron chi connectivity index (χ1n) is 8.75. The van der Waals surface area contributed by atoms with E-state index in [1.807, 2.05) is 32.0 Å². The van der Waals surface area contributed by atoms with Gasteiger partial charge in [0, 0.05) is 19.8 Å². The molecule has 0 saturated heterocycles. The summed E-state index contributed by atoms with van der Waals surface area (Å²) in [5.41, 5.74) is 2.81. The van der Waals surface area contributed by atoms with Crippen molar-refractivity contribution in [2.45, 2.75) is 25.2 Å². The Morgan fingerprint density at radius 1 is 1.07 bits per heavy atom. The van der Waals surface area contributed by atoms with E-state index in [0.717, 1.165) is 27.5 Å². The standard InChI is InChI=1S/C20H24N2O5S/c1-5-15-8-6-7-14(2)19(15)21-18(23)13-27-20(24)16-9-11-17(12-10-16)28(25,26)22(3)4/h6-12H,5,13H2,1-4H3,(H,21,23). The highest BCUT2D eigenvalue weighted by Crippen LogP contribution is 2.21. The number of anilines is 1. The van der Waals surface area contributed by atoms with E-state index in [1.165, 1.54) is 38.4 Å². The second-order valence-corrected chi connectivity index (χ2v) is 8.55. The van der Waals surface area contributed by atoms with Crippen LogP contribution in [0.1, 0.15) is 28.4 Å². The van der Waals surface area contributed by atoms with Crippen molar-refractivity contribution in [2.75, 3.05) is 26.0 Å². The van der Waals surface area contributed by atoms with Crippen LogP contribution in [0.25, 0.3) is 0 Å². The average Bonchev–Trinajstić information content (AvgIpc) is 2.67. The van der Waals surface area contributed by atoms with Crippen LogP contribution in [-0.2, 0) is 26.0 Å². The van der Waals surface area contributed by atoms with Gasteiger partial charge < -0.3 is 10.1 Å². The lowest BCUT2D eigenvalue weighted by molar-refractivity contribution is -0.119. The van der Waals surface area contributed by atoms with Crippen molar-refractivity contribution < 1.29 is 22.7 Å². The van der Waals surface area contributed by atoms with Crippen LogP contribution in [0.15, 0.2) is 47.4 Å². The molecular formula is C20H24N2O5S. The number of carbonyl (C=O) groups is 2. The third-order valence-corrected chi connectivity index (χ3v) is 6.04. The van der Waals surface area contributed by atoms with Gasteiger partial charge in [-0.15, -0.1) is 0 Å². The average molecular weight is 404 g/mol. The highest BCUT2D eigenvalue weighted by Gasteiger charge is 2.18. The zero-order valence-electron chi connectivity index (χ0n) is 16.4. The van der Waals surface area contributed by atoms with Crippen molar-refractivity contribution >= 4 is 27.6 Å². The van der Waals surface area contributed by atoms with E-state index < -0.39 is 28.5 Å². The van der Waals surface area contributed by atoms with Gasteiger partial charge in [-0.1, -0.05) is 25.1 Å². The number of esters is 1. The van der Waals surface area contributed by atoms with Crippen LogP contribution in [0.4, 0.5) is 5.69 Å². The van der Waals surface area contributed by atoms with Gasteiger partial charge >= 0.3 is 5.97 Å². The normalized spacial score (nSPS) is 11.3. The summed E-state index contributed by atoms with van der Waals surface area (Å²) in [5.74, 6) is -1.14. The fraction of sp³-hybridized carbons (Fsp3) is 0.300. The molecule has 8 heteroatoms. The molecule has 2 aromatic rings. The monoisotopic (exact) mass is 404 g/mol. The van der Waals surface area contributed by atoms with Crippen molar-refractivity contribution in [3.63, 3.8) is 0 Å². The van der Waals surface area contributed by atoms with Gasteiger partial charge in [0.25, 0.3) is 5.91 Å². The number of para-hydroxylation sites is 1. The molecule has 0 aliphatic rings. The number of amides is 1. The Morgan fingerprint density at radius 2 is 1.71 bits per heavy atom. The third kappa shape index (κ3) is 4.96. The molecule has 2 aromatic carbocycles. The maximum absolute atomic E-state index is 12.2. The van der Waals surface area contributed by atoms with Gasteiger partial charge in [-0.2, -0.15) is 0 Å². The minimum atomic E-state index is -3.57. The number of carbonyl (C=O) groups excluding carboxylic acids is 2. The van der Waals surface area contributed by atoms with E-state index in [9.17, 15) is 18.0 Å². The molecule has 0 bridgehead atoms. The summed E-state index contributed by atoms with van der Waals surface area (Å²) in [6.45, 7) is 3.45. The molecule has 0 aliphatic heterocycles. The summed E-state index contributed by atoms with van der Waals surface area (Å²) in [5, 5.41) is 2.78. The summed E-state index contributed by atoms with van der Waals surface area (Å²) in [6, 6.07) is 11.1. The molecule has 0 unspecified atom stereocenters. The first-order chi connectivity index (χ1) is 13.2. The second kappa shape index (κ2) is 8.99. The molecule has 7 nitrogen and oxygen atoms in total. The van der Waals surface area contributed by atoms with Crippen molar-refractivity contribution in [1.29, 1.82) is 0 Å². The Bertz CT molecular complexity index is 967. The Morgan fingerprint density at radius 3 is 2.29 bits per heavy atom. The maximum Gasteiger partial charge on any atom is 0.338 e. The lowest BCUT2D eigenvalue weighted by atomic mass is 10.1. The SMILES string of the molecule is CCc1cccc(C)c1NC(=O)COC(=O)c1ccc(S(=O)(=O)N(C)C)cc1. The number of sulfonamides is 1. The van der Waals surface area contributed by atoms with Crippen LogP contribution in [-0.4, -0.2) is 45.3 Å². The predicted molar refractivity (Wildman–Crippen MR) is 107 cm³/mol. The number of ether oxygens (including phenoxy) is 1. The topological polar surface area (TPSA) is 92.8 Å². The summed E-state index contributed by atoms with van der Waals surface area (Å²) >= 11 is 0. The molecule has 0 atom stereocenters. The molecular weight excluding hydrogens is 380 g/mol. The minimum Gasteiger partial charge on any atom is -0.452 e. The molecule has 0 spiro atoms. The zero-order chi connectivity index (χ0) is 20.9. The van der Waals surface area contributed by atoms with Crippen LogP contribution in [0, 0.1) is 6.92 Å². The van der Waals surface area contributed by atoms with Gasteiger partial charge in [0.1, 0.15) is 0 Å². The third-order valence-electron chi connectivity index (χ3n) is 4.21. The van der Waals surface area contributed by atoms with Crippen molar-refractivity contribution in [3.05, 3.63) is 59.2 Å². The van der Waals surface area contributed by atoms with Crippen LogP contribution in [0.3, 0.4) is 0 Å². The highest BCUT2D eigenvalue weighted by atomic mass is 32.2. The number of rotatable bonds is 7. The van der Waals surface area contributed by atoms with E-state index in [0.29, 0.717) is 0 Å². The summed E-state index contributed by atoms with van der Waals surface area (Å²) in [7, 11) is -0.723. The van der Waals surface area contributed by atoms with E-state index >= 15 is 0 Å². The lowest BCUT2D eigenvalue weighted by Crippen LogP contribution is -2.23. The smallest absolute Gasteiger partial charge is 0.338 e. The number of benzene rings is 2. The van der Waals surface area contributed by atoms with Gasteiger partial charge in [0.15, 0.2) is 6.61 Å². The fourth-order valence-corrected chi connectivity index (χ4v) is 3.47. The lowest BCUT2D eigenvalue weighted by Gasteiger charge is -2.13. The molecule has 0 aromatic heterocycles. The highest BCUT2D eigenvalue weighted by molar-refractivity contribution is 7.89. The quantitative estimate of drug-likeness (QED) is 0.716. The molecule has 0 fully saturated rings. The summed E-state index contributed by atoms with van der Waals surface area (Å²) in [4.78, 5) is 24.3. The number of nitrogens with zero attached hydrogens (tertiary/aromatic N) is 1. The molecule has 2 rings (SSSR count). The van der Waals surface area contributed by atoms with Gasteiger partial charge in [0.05, 0.1) is 10.5 Å². The minimum absolute atomic E-state index is 0.0680. The van der Waals surface area contributed by atoms with Gasteiger partial charge in [-0.25, -0.2) is 17.5 Å². The van der Waals surface area contributed by atoms with E-state index in [4.69, 9.17) is 4.74 Å². The summed E-state index contributed by atoms with van der Waals surface area (Å²) in [6.07, 6.45) is 0.763. The molecule has 1 N–H and O–H groups in total. The van der Waals surface area contributed by atoms with Crippen molar-refractivity contribution in [1.82, 2.24) is 4.31 Å². The van der Waals surface area contributed by atoms with Crippen molar-refractivity contribution in [2.24, 2.45) is 0 Å². The molecule has 0 heterocycles. The van der Waals surface area contributed by atoms with Crippen LogP contribution in [0.2, 0.25) is 0 Å². The Hall–Kier alpha value is -2.71. The molecule has 1 amide bonds. The molecule has 0 radical (unpaired) electrons. The number of aryl methyl sites for hydroxylation is 2. The number of nitrogens with one attached hydrogen (secondary N) is 1. The first-order valence-corrected chi connectivity index (χ1v) is 10.2. The number of hydrogen-bond donors (Lipinski definition) is 1. The fourth-order valence-electron chi connectivity index (χ4n) is 2.57. The van der Waals surface area contributed by atoms with Gasteiger partial charge in [0.2, 0.25) is 10.0 Å². The van der Waals surface area contributed by atoms with Crippen LogP contribution in [0.5, 0.6) is 0 Å². The maximum atomic E-state index is 12.2. The van der Waals surface area contributed by atoms with Crippen LogP contribution < -0.4 is 5.32 Å². The predicted octanol–water partition coefficient (Wildman–Crippen LogP) is 2.60.